The van der Waals surface area contributed by atoms with Crippen molar-refractivity contribution in [2.45, 2.75) is 97.4 Å². The van der Waals surface area contributed by atoms with Crippen molar-refractivity contribution < 1.29 is 19.1 Å². The van der Waals surface area contributed by atoms with Crippen molar-refractivity contribution in [1.29, 1.82) is 0 Å². The molecule has 3 N–H and O–H groups in total. The van der Waals surface area contributed by atoms with Crippen molar-refractivity contribution in [2.24, 2.45) is 5.73 Å². The highest BCUT2D eigenvalue weighted by Gasteiger charge is 2.20. The zero-order valence-electron chi connectivity index (χ0n) is 16.4. The lowest BCUT2D eigenvalue weighted by Gasteiger charge is -2.27. The van der Waals surface area contributed by atoms with Gasteiger partial charge in [-0.15, -0.1) is 0 Å². The van der Waals surface area contributed by atoms with Gasteiger partial charge in [0, 0.05) is 19.0 Å². The number of esters is 2. The van der Waals surface area contributed by atoms with Crippen LogP contribution in [0.1, 0.15) is 74.1 Å². The van der Waals surface area contributed by atoms with Gasteiger partial charge in [-0.2, -0.15) is 0 Å². The fraction of sp³-hybridized carbons (Fsp3) is 0.889. The maximum Gasteiger partial charge on any atom is 0.320 e. The minimum atomic E-state index is -0.395. The maximum absolute atomic E-state index is 11.5. The summed E-state index contributed by atoms with van der Waals surface area (Å²) in [5, 5.41) is 3.23. The number of hydrogen-bond acceptors (Lipinski definition) is 6. The van der Waals surface area contributed by atoms with Crippen LogP contribution in [0, 0.1) is 0 Å². The fourth-order valence-corrected chi connectivity index (χ4v) is 2.36. The third-order valence-corrected chi connectivity index (χ3v) is 3.18. The topological polar surface area (TPSA) is 90.6 Å². The molecule has 24 heavy (non-hydrogen) atoms. The van der Waals surface area contributed by atoms with E-state index in [9.17, 15) is 9.59 Å². The Morgan fingerprint density at radius 3 is 1.75 bits per heavy atom. The predicted octanol–water partition coefficient (Wildman–Crippen LogP) is 2.54. The van der Waals surface area contributed by atoms with E-state index in [-0.39, 0.29) is 17.5 Å². The van der Waals surface area contributed by atoms with E-state index in [0.717, 1.165) is 25.7 Å². The fourth-order valence-electron chi connectivity index (χ4n) is 2.36. The zero-order valence-corrected chi connectivity index (χ0v) is 16.4. The predicted molar refractivity (Wildman–Crippen MR) is 95.6 cm³/mol. The molecule has 142 valence electrons. The molecule has 0 radical (unpaired) electrons. The van der Waals surface area contributed by atoms with Gasteiger partial charge >= 0.3 is 11.9 Å². The van der Waals surface area contributed by atoms with E-state index >= 15 is 0 Å². The normalized spacial score (nSPS) is 21.3. The van der Waals surface area contributed by atoms with Gasteiger partial charge in [-0.25, -0.2) is 0 Å². The molecule has 0 aromatic carbocycles. The van der Waals surface area contributed by atoms with E-state index in [2.05, 4.69) is 5.32 Å². The number of carbonyl (C=O) groups is 2. The second-order valence-electron chi connectivity index (χ2n) is 8.29. The minimum absolute atomic E-state index is 0.178. The number of nitrogens with two attached hydrogens (primary N) is 1. The molecule has 0 amide bonds. The summed E-state index contributed by atoms with van der Waals surface area (Å²) in [6, 6.07) is 0.770. The van der Waals surface area contributed by atoms with Crippen molar-refractivity contribution in [3.8, 4) is 0 Å². The number of rotatable bonds is 3. The first-order valence-electron chi connectivity index (χ1n) is 8.69. The molecule has 1 rings (SSSR count). The van der Waals surface area contributed by atoms with E-state index in [0.29, 0.717) is 18.6 Å². The molecule has 0 spiro atoms. The lowest BCUT2D eigenvalue weighted by molar-refractivity contribution is -0.154. The van der Waals surface area contributed by atoms with E-state index < -0.39 is 5.60 Å². The summed E-state index contributed by atoms with van der Waals surface area (Å²) < 4.78 is 10.0. The number of hydrogen-bond donors (Lipinski definition) is 2. The summed E-state index contributed by atoms with van der Waals surface area (Å²) in [4.78, 5) is 21.7. The Labute approximate surface area is 146 Å². The van der Waals surface area contributed by atoms with E-state index in [1.165, 1.54) is 6.92 Å². The quantitative estimate of drug-likeness (QED) is 0.765. The second-order valence-corrected chi connectivity index (χ2v) is 8.29. The molecule has 0 saturated heterocycles. The van der Waals surface area contributed by atoms with Gasteiger partial charge in [0.15, 0.2) is 0 Å². The molecule has 0 atom stereocenters. The van der Waals surface area contributed by atoms with Gasteiger partial charge in [-0.05, 0) is 67.2 Å². The van der Waals surface area contributed by atoms with Crippen LogP contribution < -0.4 is 11.1 Å². The Balaban J connectivity index is 0.000000561. The first-order chi connectivity index (χ1) is 10.8. The van der Waals surface area contributed by atoms with Gasteiger partial charge in [0.1, 0.15) is 11.2 Å². The largest absolute Gasteiger partial charge is 0.460 e. The summed E-state index contributed by atoms with van der Waals surface area (Å²) in [5.41, 5.74) is 5.09. The lowest BCUT2D eigenvalue weighted by atomic mass is 9.92. The summed E-state index contributed by atoms with van der Waals surface area (Å²) >= 11 is 0. The first kappa shape index (κ1) is 22.9. The smallest absolute Gasteiger partial charge is 0.320 e. The van der Waals surface area contributed by atoms with Crippen LogP contribution in [0.25, 0.3) is 0 Å². The average molecular weight is 344 g/mol. The summed E-state index contributed by atoms with van der Waals surface area (Å²) in [6.07, 6.45) is 4.21. The number of carbonyl (C=O) groups excluding carboxylic acids is 2. The first-order valence-corrected chi connectivity index (χ1v) is 8.69. The average Bonchev–Trinajstić information content (AvgIpc) is 2.33. The molecule has 0 bridgehead atoms. The van der Waals surface area contributed by atoms with E-state index in [4.69, 9.17) is 15.2 Å². The van der Waals surface area contributed by atoms with Crippen LogP contribution in [0.4, 0.5) is 0 Å². The molecular formula is C18H36N2O4. The Bertz CT molecular complexity index is 389. The van der Waals surface area contributed by atoms with Crippen LogP contribution in [-0.2, 0) is 19.1 Å². The van der Waals surface area contributed by atoms with E-state index in [1.807, 2.05) is 41.5 Å². The third kappa shape index (κ3) is 14.5. The van der Waals surface area contributed by atoms with Crippen LogP contribution in [-0.4, -0.2) is 41.8 Å². The van der Waals surface area contributed by atoms with Gasteiger partial charge in [-0.1, -0.05) is 0 Å². The summed E-state index contributed by atoms with van der Waals surface area (Å²) in [7, 11) is 0. The molecule has 6 heteroatoms. The Kier molecular flexibility index (Phi) is 9.51. The molecular weight excluding hydrogens is 308 g/mol. The van der Waals surface area contributed by atoms with Crippen LogP contribution in [0.2, 0.25) is 0 Å². The highest BCUT2D eigenvalue weighted by molar-refractivity contribution is 5.72. The molecule has 1 fully saturated rings. The van der Waals surface area contributed by atoms with Gasteiger partial charge in [0.05, 0.1) is 6.54 Å². The lowest BCUT2D eigenvalue weighted by Crippen LogP contribution is -2.41. The Morgan fingerprint density at radius 1 is 0.958 bits per heavy atom. The molecule has 1 saturated carbocycles. The van der Waals surface area contributed by atoms with Crippen LogP contribution >= 0.6 is 0 Å². The SMILES string of the molecule is CC(=O)OC(C)(C)C.CC(C)(C)OC(=O)CNC1CCC(N)CC1. The molecule has 6 nitrogen and oxygen atoms in total. The Morgan fingerprint density at radius 2 is 1.42 bits per heavy atom. The van der Waals surface area contributed by atoms with Gasteiger partial charge < -0.3 is 20.5 Å². The molecule has 0 aromatic heterocycles. The van der Waals surface area contributed by atoms with Crippen molar-refractivity contribution >= 4 is 11.9 Å². The van der Waals surface area contributed by atoms with Crippen molar-refractivity contribution in [1.82, 2.24) is 5.32 Å². The van der Waals surface area contributed by atoms with Gasteiger partial charge in [0.25, 0.3) is 0 Å². The molecule has 0 aliphatic heterocycles. The van der Waals surface area contributed by atoms with Crippen molar-refractivity contribution in [3.05, 3.63) is 0 Å². The third-order valence-electron chi connectivity index (χ3n) is 3.18. The number of ether oxygens (including phenoxy) is 2. The highest BCUT2D eigenvalue weighted by atomic mass is 16.6. The van der Waals surface area contributed by atoms with Crippen molar-refractivity contribution in [2.75, 3.05) is 6.54 Å². The van der Waals surface area contributed by atoms with Crippen LogP contribution in [0.5, 0.6) is 0 Å². The van der Waals surface area contributed by atoms with E-state index in [1.54, 1.807) is 0 Å². The monoisotopic (exact) mass is 344 g/mol. The summed E-state index contributed by atoms with van der Waals surface area (Å²) in [6.45, 7) is 12.9. The highest BCUT2D eigenvalue weighted by Crippen LogP contribution is 2.16. The second kappa shape index (κ2) is 9.99. The van der Waals surface area contributed by atoms with Crippen LogP contribution in [0.3, 0.4) is 0 Å². The van der Waals surface area contributed by atoms with Crippen molar-refractivity contribution in [3.63, 3.8) is 0 Å². The molecule has 0 unspecified atom stereocenters. The molecule has 0 heterocycles. The maximum atomic E-state index is 11.5. The van der Waals surface area contributed by atoms with Crippen LogP contribution in [0.15, 0.2) is 0 Å². The zero-order chi connectivity index (χ0) is 19.0. The van der Waals surface area contributed by atoms with Gasteiger partial charge in [-0.3, -0.25) is 9.59 Å². The standard InChI is InChI=1S/C12H24N2O2.C6H12O2/c1-12(2,3)16-11(15)8-14-10-6-4-9(13)5-7-10;1-5(7)8-6(2,3)4/h9-10,14H,4-8,13H2,1-3H3;1-4H3. The number of nitrogens with one attached hydrogen (secondary N) is 1. The molecule has 1 aliphatic rings. The Hall–Kier alpha value is -1.14. The minimum Gasteiger partial charge on any atom is -0.460 e. The summed E-state index contributed by atoms with van der Waals surface area (Å²) in [5.74, 6) is -0.403. The molecule has 1 aliphatic carbocycles. The van der Waals surface area contributed by atoms with Gasteiger partial charge in [0.2, 0.25) is 0 Å². The molecule has 0 aromatic rings.